The van der Waals surface area contributed by atoms with Crippen molar-refractivity contribution in [2.45, 2.75) is 52.4 Å². The highest BCUT2D eigenvalue weighted by Gasteiger charge is 2.27. The molecule has 9 nitrogen and oxygen atoms in total. The summed E-state index contributed by atoms with van der Waals surface area (Å²) in [5, 5.41) is 2.89. The Bertz CT molecular complexity index is 1860. The summed E-state index contributed by atoms with van der Waals surface area (Å²) in [4.78, 5) is 39.3. The summed E-state index contributed by atoms with van der Waals surface area (Å²) in [5.41, 5.74) is 0.890. The van der Waals surface area contributed by atoms with Crippen LogP contribution in [0.25, 0.3) is 11.0 Å². The highest BCUT2D eigenvalue weighted by atomic mass is 16.6. The van der Waals surface area contributed by atoms with Crippen LogP contribution >= 0.6 is 0 Å². The first kappa shape index (κ1) is 31.8. The molecule has 0 aliphatic carbocycles. The van der Waals surface area contributed by atoms with Gasteiger partial charge < -0.3 is 28.7 Å². The van der Waals surface area contributed by atoms with Gasteiger partial charge >= 0.3 is 12.1 Å². The molecule has 0 aliphatic rings. The molecule has 0 saturated heterocycles. The topological polar surface area (TPSA) is 113 Å². The van der Waals surface area contributed by atoms with Gasteiger partial charge in [0.2, 0.25) is 11.2 Å². The number of ether oxygens (including phenoxy) is 4. The number of carbonyl (C=O) groups excluding carboxylic acids is 2. The number of hydrogen-bond donors (Lipinski definition) is 1. The van der Waals surface area contributed by atoms with Gasteiger partial charge in [0.15, 0.2) is 0 Å². The first-order chi connectivity index (χ1) is 22.0. The van der Waals surface area contributed by atoms with Crippen molar-refractivity contribution >= 4 is 23.0 Å². The van der Waals surface area contributed by atoms with Gasteiger partial charge in [-0.05, 0) is 75.2 Å². The van der Waals surface area contributed by atoms with E-state index < -0.39 is 23.7 Å². The first-order valence-electron chi connectivity index (χ1n) is 14.8. The molecule has 1 atom stereocenters. The van der Waals surface area contributed by atoms with Crippen molar-refractivity contribution in [1.29, 1.82) is 0 Å². The van der Waals surface area contributed by atoms with Crippen LogP contribution in [0.1, 0.15) is 37.7 Å². The Kier molecular flexibility index (Phi) is 9.71. The third kappa shape index (κ3) is 8.53. The Morgan fingerprint density at radius 2 is 1.46 bits per heavy atom. The van der Waals surface area contributed by atoms with E-state index in [1.807, 2.05) is 48.5 Å². The maximum atomic E-state index is 13.4. The zero-order chi connectivity index (χ0) is 32.7. The van der Waals surface area contributed by atoms with E-state index in [1.54, 1.807) is 64.1 Å². The van der Waals surface area contributed by atoms with Crippen LogP contribution in [0.15, 0.2) is 112 Å². The van der Waals surface area contributed by atoms with Crippen LogP contribution in [0.3, 0.4) is 0 Å². The molecule has 0 spiro atoms. The predicted octanol–water partition coefficient (Wildman–Crippen LogP) is 7.51. The highest BCUT2D eigenvalue weighted by Crippen LogP contribution is 2.27. The summed E-state index contributed by atoms with van der Waals surface area (Å²) in [6.45, 7) is 7.23. The number of nitrogens with one attached hydrogen (secondary N) is 1. The average molecular weight is 622 g/mol. The Morgan fingerprint density at radius 1 is 0.804 bits per heavy atom. The second-order valence-electron chi connectivity index (χ2n) is 11.6. The molecule has 1 amide bonds. The van der Waals surface area contributed by atoms with Crippen molar-refractivity contribution in [1.82, 2.24) is 5.32 Å². The number of fused-ring (bicyclic) bond motifs is 1. The Balaban J connectivity index is 1.32. The van der Waals surface area contributed by atoms with Crippen molar-refractivity contribution in [3.8, 4) is 23.0 Å². The van der Waals surface area contributed by atoms with Crippen molar-refractivity contribution in [3.05, 3.63) is 130 Å². The van der Waals surface area contributed by atoms with Gasteiger partial charge in [-0.15, -0.1) is 0 Å². The van der Waals surface area contributed by atoms with Gasteiger partial charge in [-0.25, -0.2) is 9.59 Å². The number of rotatable bonds is 10. The molecule has 0 bridgehead atoms. The second kappa shape index (κ2) is 14.0. The molecule has 0 aliphatic heterocycles. The van der Waals surface area contributed by atoms with Crippen molar-refractivity contribution in [2.24, 2.45) is 0 Å². The highest BCUT2D eigenvalue weighted by molar-refractivity contribution is 5.85. The largest absolute Gasteiger partial charge is 0.489 e. The lowest BCUT2D eigenvalue weighted by Crippen LogP contribution is -2.46. The van der Waals surface area contributed by atoms with Crippen LogP contribution in [0.5, 0.6) is 23.0 Å². The number of carbonyl (C=O) groups is 2. The zero-order valence-electron chi connectivity index (χ0n) is 26.1. The summed E-state index contributed by atoms with van der Waals surface area (Å²) >= 11 is 0. The Labute approximate surface area is 266 Å². The van der Waals surface area contributed by atoms with E-state index in [0.717, 1.165) is 11.1 Å². The molecule has 5 aromatic rings. The van der Waals surface area contributed by atoms with Crippen LogP contribution in [-0.4, -0.2) is 23.7 Å². The maximum absolute atomic E-state index is 13.4. The SMILES string of the molecule is Cc1oc2cc(OC(=O)[C@H](Cc3ccc(OCc4ccccc4)cc3)NC(=O)OC(C)(C)C)ccc2c(=O)c1Oc1ccccc1. The smallest absolute Gasteiger partial charge is 0.408 e. The monoisotopic (exact) mass is 621 g/mol. The molecule has 4 aromatic carbocycles. The van der Waals surface area contributed by atoms with Gasteiger partial charge in [-0.3, -0.25) is 4.79 Å². The average Bonchev–Trinajstić information content (AvgIpc) is 3.02. The van der Waals surface area contributed by atoms with Crippen LogP contribution < -0.4 is 25.0 Å². The predicted molar refractivity (Wildman–Crippen MR) is 173 cm³/mol. The lowest BCUT2D eigenvalue weighted by Gasteiger charge is -2.23. The van der Waals surface area contributed by atoms with Crippen LogP contribution in [0.2, 0.25) is 0 Å². The van der Waals surface area contributed by atoms with Crippen molar-refractivity contribution < 1.29 is 33.0 Å². The number of amides is 1. The van der Waals surface area contributed by atoms with Gasteiger partial charge in [0.1, 0.15) is 46.8 Å². The van der Waals surface area contributed by atoms with Gasteiger partial charge in [0.05, 0.1) is 5.39 Å². The summed E-state index contributed by atoms with van der Waals surface area (Å²) in [6, 6.07) is 29.3. The molecule has 0 saturated carbocycles. The molecule has 9 heteroatoms. The van der Waals surface area contributed by atoms with Gasteiger partial charge in [0.25, 0.3) is 0 Å². The third-order valence-electron chi connectivity index (χ3n) is 6.76. The molecule has 46 heavy (non-hydrogen) atoms. The van der Waals surface area contributed by atoms with Gasteiger partial charge in [0, 0.05) is 12.5 Å². The molecule has 1 heterocycles. The zero-order valence-corrected chi connectivity index (χ0v) is 26.1. The van der Waals surface area contributed by atoms with E-state index in [9.17, 15) is 14.4 Å². The summed E-state index contributed by atoms with van der Waals surface area (Å²) < 4.78 is 28.6. The Hall–Kier alpha value is -5.57. The summed E-state index contributed by atoms with van der Waals surface area (Å²) in [6.07, 6.45) is -0.637. The fourth-order valence-corrected chi connectivity index (χ4v) is 4.59. The molecule has 5 rings (SSSR count). The molecular formula is C37H35NO8. The standard InChI is InChI=1S/C37H35NO8/c1-24-34(44-28-13-9-6-10-14-28)33(39)30-20-19-29(22-32(30)43-24)45-35(40)31(38-36(41)46-37(2,3)4)21-25-15-17-27(18-16-25)42-23-26-11-7-5-8-12-26/h5-20,22,31H,21,23H2,1-4H3,(H,38,41)/t31-/m0/s1. The lowest BCUT2D eigenvalue weighted by molar-refractivity contribution is -0.136. The van der Waals surface area contributed by atoms with Gasteiger partial charge in [-0.2, -0.15) is 0 Å². The molecule has 0 fully saturated rings. The van der Waals surface area contributed by atoms with E-state index in [0.29, 0.717) is 18.1 Å². The van der Waals surface area contributed by atoms with Crippen molar-refractivity contribution in [3.63, 3.8) is 0 Å². The van der Waals surface area contributed by atoms with Crippen LogP contribution in [-0.2, 0) is 22.6 Å². The van der Waals surface area contributed by atoms with Crippen molar-refractivity contribution in [2.75, 3.05) is 0 Å². The number of para-hydroxylation sites is 1. The molecule has 1 aromatic heterocycles. The molecule has 0 unspecified atom stereocenters. The molecule has 236 valence electrons. The number of alkyl carbamates (subject to hydrolysis) is 1. The number of hydrogen-bond acceptors (Lipinski definition) is 8. The van der Waals surface area contributed by atoms with Gasteiger partial charge in [-0.1, -0.05) is 60.7 Å². The fraction of sp³-hybridized carbons (Fsp3) is 0.216. The third-order valence-corrected chi connectivity index (χ3v) is 6.76. The van der Waals surface area contributed by atoms with E-state index >= 15 is 0 Å². The quantitative estimate of drug-likeness (QED) is 0.126. The maximum Gasteiger partial charge on any atom is 0.408 e. The van der Waals surface area contributed by atoms with E-state index in [1.165, 1.54) is 18.2 Å². The normalized spacial score (nSPS) is 11.8. The first-order valence-corrected chi connectivity index (χ1v) is 14.8. The number of aryl methyl sites for hydroxylation is 1. The van der Waals surface area contributed by atoms with E-state index in [-0.39, 0.29) is 40.1 Å². The van der Waals surface area contributed by atoms with Crippen LogP contribution in [0.4, 0.5) is 4.79 Å². The minimum atomic E-state index is -1.09. The Morgan fingerprint density at radius 3 is 2.13 bits per heavy atom. The van der Waals surface area contributed by atoms with Crippen LogP contribution in [0, 0.1) is 6.92 Å². The van der Waals surface area contributed by atoms with E-state index in [4.69, 9.17) is 23.4 Å². The fourth-order valence-electron chi connectivity index (χ4n) is 4.59. The lowest BCUT2D eigenvalue weighted by atomic mass is 10.1. The minimum absolute atomic E-state index is 0.0709. The van der Waals surface area contributed by atoms with E-state index in [2.05, 4.69) is 5.32 Å². The summed E-state index contributed by atoms with van der Waals surface area (Å²) in [7, 11) is 0. The molecule has 0 radical (unpaired) electrons. The summed E-state index contributed by atoms with van der Waals surface area (Å²) in [5.74, 6) is 0.917. The minimum Gasteiger partial charge on any atom is -0.489 e. The molecular weight excluding hydrogens is 586 g/mol. The number of benzene rings is 4. The number of esters is 1. The second-order valence-corrected chi connectivity index (χ2v) is 11.6. The molecule has 1 N–H and O–H groups in total.